The number of hydrogen-bond donors (Lipinski definition) is 0. The van der Waals surface area contributed by atoms with Crippen LogP contribution in [0.5, 0.6) is 0 Å². The highest BCUT2D eigenvalue weighted by Crippen LogP contribution is 2.19. The summed E-state index contributed by atoms with van der Waals surface area (Å²) in [4.78, 5) is 0. The van der Waals surface area contributed by atoms with E-state index in [0.29, 0.717) is 10.2 Å². The monoisotopic (exact) mass is 324 g/mol. The molecule has 0 aromatic carbocycles. The summed E-state index contributed by atoms with van der Waals surface area (Å²) in [5, 5.41) is 0. The maximum atomic E-state index is 5.12. The number of alkyl halides is 3. The van der Waals surface area contributed by atoms with Crippen LogP contribution >= 0.6 is 84.4 Å². The SMILES string of the molecule is Cl.Cl.Cl.Cl.[SiH3]C(Cl)(Cl)Cl.[SiH4]. The van der Waals surface area contributed by atoms with Crippen LogP contribution in [0.25, 0.3) is 0 Å². The second-order valence-electron chi connectivity index (χ2n) is 0.781. The van der Waals surface area contributed by atoms with Crippen LogP contribution in [0.2, 0.25) is 0 Å². The largest absolute Gasteiger partial charge is 0.166 e. The Morgan fingerprint density at radius 2 is 0.800 bits per heavy atom. The van der Waals surface area contributed by atoms with E-state index in [4.69, 9.17) is 34.8 Å². The molecular weight excluding hydrogens is 316 g/mol. The molecule has 0 aliphatic heterocycles. The molecule has 0 aliphatic rings. The Balaban J connectivity index is -0.00000000800. The molecule has 0 aromatic rings. The third kappa shape index (κ3) is 154. The van der Waals surface area contributed by atoms with E-state index in [2.05, 4.69) is 0 Å². The molecule has 0 rings (SSSR count). The van der Waals surface area contributed by atoms with Crippen LogP contribution in [0.4, 0.5) is 0 Å². The normalized spacial score (nSPS) is 6.30. The average molecular weight is 327 g/mol. The molecule has 0 heterocycles. The van der Waals surface area contributed by atoms with E-state index in [1.807, 2.05) is 0 Å². The highest BCUT2D eigenvalue weighted by Gasteiger charge is 2.06. The smallest absolute Gasteiger partial charge is 0.147 e. The van der Waals surface area contributed by atoms with Gasteiger partial charge in [-0.2, -0.15) is 0 Å². The Hall–Kier alpha value is 2.46. The Kier molecular flexibility index (Phi) is 68.7. The lowest BCUT2D eigenvalue weighted by molar-refractivity contribution is 1.75. The van der Waals surface area contributed by atoms with Crippen molar-refractivity contribution in [3.05, 3.63) is 0 Å². The summed E-state index contributed by atoms with van der Waals surface area (Å²) in [6.45, 7) is 0. The molecule has 0 aromatic heterocycles. The highest BCUT2D eigenvalue weighted by molar-refractivity contribution is 6.81. The first-order chi connectivity index (χ1) is 2.00. The molecule has 0 saturated heterocycles. The second kappa shape index (κ2) is 17.5. The van der Waals surface area contributed by atoms with Crippen molar-refractivity contribution in [3.8, 4) is 0 Å². The van der Waals surface area contributed by atoms with Crippen LogP contribution in [0.15, 0.2) is 0 Å². The lowest BCUT2D eigenvalue weighted by atomic mass is 11.8. The quantitative estimate of drug-likeness (QED) is 0.458. The molecule has 0 radical (unpaired) electrons. The lowest BCUT2D eigenvalue weighted by Gasteiger charge is -1.94. The Morgan fingerprint density at radius 1 is 0.800 bits per heavy atom. The predicted molar refractivity (Wildman–Crippen MR) is 70.6 cm³/mol. The summed E-state index contributed by atoms with van der Waals surface area (Å²) >= 11 is 15.4. The summed E-state index contributed by atoms with van der Waals surface area (Å²) in [5.41, 5.74) is 0. The minimum atomic E-state index is -0.944. The van der Waals surface area contributed by atoms with Crippen molar-refractivity contribution in [1.29, 1.82) is 0 Å². The minimum absolute atomic E-state index is 0. The number of halogens is 7. The van der Waals surface area contributed by atoms with Gasteiger partial charge in [0.25, 0.3) is 0 Å². The lowest BCUT2D eigenvalue weighted by Crippen LogP contribution is -1.96. The van der Waals surface area contributed by atoms with Gasteiger partial charge in [-0.05, 0) is 11.0 Å². The molecule has 0 N–H and O–H groups in total. The van der Waals surface area contributed by atoms with Crippen molar-refractivity contribution in [3.63, 3.8) is 0 Å². The van der Waals surface area contributed by atoms with Gasteiger partial charge in [0.15, 0.2) is 3.42 Å². The van der Waals surface area contributed by atoms with Gasteiger partial charge in [0.1, 0.15) is 0 Å². The third-order valence-electron chi connectivity index (χ3n) is 0. The fourth-order valence-electron chi connectivity index (χ4n) is 0. The van der Waals surface area contributed by atoms with Gasteiger partial charge in [-0.3, -0.25) is 0 Å². The summed E-state index contributed by atoms with van der Waals surface area (Å²) in [6.07, 6.45) is 0. The molecule has 0 bridgehead atoms. The Bertz CT molecular complexity index is 27.1. The van der Waals surface area contributed by atoms with Gasteiger partial charge in [-0.1, -0.05) is 34.8 Å². The van der Waals surface area contributed by atoms with E-state index < -0.39 is 3.42 Å². The highest BCUT2D eigenvalue weighted by atomic mass is 35.6. The van der Waals surface area contributed by atoms with E-state index in [1.165, 1.54) is 0 Å². The first-order valence-corrected chi connectivity index (χ1v) is 3.20. The van der Waals surface area contributed by atoms with Crippen molar-refractivity contribution in [2.45, 2.75) is 3.42 Å². The van der Waals surface area contributed by atoms with Gasteiger partial charge in [-0.25, -0.2) is 0 Å². The van der Waals surface area contributed by atoms with E-state index in [0.717, 1.165) is 0 Å². The van der Waals surface area contributed by atoms with E-state index in [-0.39, 0.29) is 60.6 Å². The molecule has 0 nitrogen and oxygen atoms in total. The van der Waals surface area contributed by atoms with Crippen molar-refractivity contribution in [1.82, 2.24) is 0 Å². The molecule has 0 unspecified atom stereocenters. The van der Waals surface area contributed by atoms with Gasteiger partial charge in [0.2, 0.25) is 0 Å². The fraction of sp³-hybridized carbons (Fsp3) is 1.00. The zero-order chi connectivity index (χ0) is 4.50. The van der Waals surface area contributed by atoms with Crippen molar-refractivity contribution in [2.75, 3.05) is 0 Å². The standard InChI is InChI=1S/CH3Cl3Si.4ClH.H4Si/c2-1(3,4)5;;;;;/h5H3;4*1H;1H4. The Labute approximate surface area is 108 Å². The molecule has 0 spiro atoms. The first-order valence-electron chi connectivity index (χ1n) is 1.07. The van der Waals surface area contributed by atoms with Gasteiger partial charge in [-0.15, -0.1) is 49.6 Å². The van der Waals surface area contributed by atoms with Crippen LogP contribution in [-0.4, -0.2) is 24.6 Å². The van der Waals surface area contributed by atoms with Gasteiger partial charge in [0, 0.05) is 0 Å². The van der Waals surface area contributed by atoms with E-state index in [9.17, 15) is 0 Å². The van der Waals surface area contributed by atoms with Crippen molar-refractivity contribution in [2.24, 2.45) is 0 Å². The predicted octanol–water partition coefficient (Wildman–Crippen LogP) is 0.915. The van der Waals surface area contributed by atoms with E-state index in [1.54, 1.807) is 0 Å². The molecule has 0 aliphatic carbocycles. The van der Waals surface area contributed by atoms with Crippen LogP contribution in [0.1, 0.15) is 0 Å². The number of hydrogen-bond acceptors (Lipinski definition) is 0. The summed E-state index contributed by atoms with van der Waals surface area (Å²) in [7, 11) is 0.604. The summed E-state index contributed by atoms with van der Waals surface area (Å²) < 4.78 is -0.944. The average Bonchev–Trinajstić information content (AvgIpc) is 0.722. The van der Waals surface area contributed by atoms with Gasteiger partial charge >= 0.3 is 0 Å². The second-order valence-corrected chi connectivity index (χ2v) is 7.03. The van der Waals surface area contributed by atoms with Crippen LogP contribution in [-0.2, 0) is 0 Å². The Morgan fingerprint density at radius 3 is 0.800 bits per heavy atom. The summed E-state index contributed by atoms with van der Waals surface area (Å²) in [6, 6.07) is 0. The molecule has 72 valence electrons. The van der Waals surface area contributed by atoms with E-state index >= 15 is 0 Å². The molecule has 0 amide bonds. The molecule has 0 atom stereocenters. The van der Waals surface area contributed by atoms with Gasteiger partial charge < -0.3 is 0 Å². The molecule has 0 saturated carbocycles. The molecule has 9 heteroatoms. The molecule has 10 heavy (non-hydrogen) atoms. The van der Waals surface area contributed by atoms with Crippen LogP contribution < -0.4 is 0 Å². The van der Waals surface area contributed by atoms with Crippen LogP contribution in [0, 0.1) is 0 Å². The van der Waals surface area contributed by atoms with Gasteiger partial charge in [0.05, 0.1) is 10.2 Å². The zero-order valence-electron chi connectivity index (χ0n) is 4.27. The summed E-state index contributed by atoms with van der Waals surface area (Å²) in [5.74, 6) is 0. The van der Waals surface area contributed by atoms with Crippen molar-refractivity contribution >= 4 is 106 Å². The number of rotatable bonds is 0. The minimum Gasteiger partial charge on any atom is -0.147 e. The topological polar surface area (TPSA) is 0 Å². The zero-order valence-corrected chi connectivity index (χ0v) is 11.8. The maximum Gasteiger partial charge on any atom is 0.166 e. The maximum absolute atomic E-state index is 5.12. The third-order valence-corrected chi connectivity index (χ3v) is 0. The molecular formula is CH11Cl7Si2. The molecule has 0 fully saturated rings. The fourth-order valence-corrected chi connectivity index (χ4v) is 0. The van der Waals surface area contributed by atoms with Crippen molar-refractivity contribution < 1.29 is 0 Å². The van der Waals surface area contributed by atoms with Crippen LogP contribution in [0.3, 0.4) is 0 Å². The first kappa shape index (κ1) is 39.2.